The first kappa shape index (κ1) is 13.6. The zero-order valence-electron chi connectivity index (χ0n) is 9.77. The lowest BCUT2D eigenvalue weighted by molar-refractivity contribution is -0.116. The van der Waals surface area contributed by atoms with Crippen LogP contribution in [0.1, 0.15) is 58.8 Å². The van der Waals surface area contributed by atoms with E-state index in [1.165, 1.54) is 44.9 Å². The van der Waals surface area contributed by atoms with E-state index in [0.717, 1.165) is 6.54 Å². The Labute approximate surface area is 88.5 Å². The van der Waals surface area contributed by atoms with Crippen LogP contribution in [0.4, 0.5) is 0 Å². The van der Waals surface area contributed by atoms with Crippen molar-refractivity contribution in [1.82, 2.24) is 5.32 Å². The Morgan fingerprint density at radius 2 is 1.57 bits per heavy atom. The third kappa shape index (κ3) is 11.6. The van der Waals surface area contributed by atoms with E-state index in [9.17, 15) is 4.79 Å². The number of carbonyl (C=O) groups is 1. The van der Waals surface area contributed by atoms with Gasteiger partial charge in [0.05, 0.1) is 6.54 Å². The first-order valence-electron chi connectivity index (χ1n) is 5.97. The minimum Gasteiger partial charge on any atom is -0.310 e. The summed E-state index contributed by atoms with van der Waals surface area (Å²) in [6, 6.07) is 0. The fourth-order valence-corrected chi connectivity index (χ4v) is 1.47. The van der Waals surface area contributed by atoms with E-state index in [-0.39, 0.29) is 5.78 Å². The van der Waals surface area contributed by atoms with Gasteiger partial charge in [0, 0.05) is 0 Å². The lowest BCUT2D eigenvalue weighted by atomic mass is 10.1. The molecule has 0 aromatic rings. The Bertz CT molecular complexity index is 134. The summed E-state index contributed by atoms with van der Waals surface area (Å²) in [6.45, 7) is 5.40. The Hall–Kier alpha value is -0.370. The molecule has 2 nitrogen and oxygen atoms in total. The Morgan fingerprint density at radius 1 is 1.00 bits per heavy atom. The Morgan fingerprint density at radius 3 is 2.14 bits per heavy atom. The Kier molecular flexibility index (Phi) is 10.4. The summed E-state index contributed by atoms with van der Waals surface area (Å²) in [5.74, 6) is 0.230. The second-order valence-electron chi connectivity index (χ2n) is 4.00. The molecule has 0 radical (unpaired) electrons. The SMILES string of the molecule is CCCCCCCCCNCC(C)=O. The minimum absolute atomic E-state index is 0.230. The van der Waals surface area contributed by atoms with Crippen molar-refractivity contribution in [2.45, 2.75) is 58.8 Å². The quantitative estimate of drug-likeness (QED) is 0.548. The van der Waals surface area contributed by atoms with Gasteiger partial charge >= 0.3 is 0 Å². The zero-order valence-corrected chi connectivity index (χ0v) is 9.77. The molecule has 0 saturated carbocycles. The molecule has 14 heavy (non-hydrogen) atoms. The van der Waals surface area contributed by atoms with E-state index < -0.39 is 0 Å². The number of unbranched alkanes of at least 4 members (excludes halogenated alkanes) is 6. The van der Waals surface area contributed by atoms with E-state index in [1.807, 2.05) is 0 Å². The van der Waals surface area contributed by atoms with Crippen LogP contribution >= 0.6 is 0 Å². The third-order valence-corrected chi connectivity index (χ3v) is 2.33. The molecule has 1 N–H and O–H groups in total. The van der Waals surface area contributed by atoms with E-state index in [1.54, 1.807) is 6.92 Å². The van der Waals surface area contributed by atoms with Crippen LogP contribution in [-0.4, -0.2) is 18.9 Å². The highest BCUT2D eigenvalue weighted by molar-refractivity contribution is 5.77. The second kappa shape index (κ2) is 10.7. The number of rotatable bonds is 10. The van der Waals surface area contributed by atoms with Crippen molar-refractivity contribution in [3.63, 3.8) is 0 Å². The fraction of sp³-hybridized carbons (Fsp3) is 0.917. The lowest BCUT2D eigenvalue weighted by Crippen LogP contribution is -2.21. The number of carbonyl (C=O) groups excluding carboxylic acids is 1. The number of hydrogen-bond donors (Lipinski definition) is 1. The van der Waals surface area contributed by atoms with Crippen LogP contribution in [-0.2, 0) is 4.79 Å². The van der Waals surface area contributed by atoms with Gasteiger partial charge in [-0.1, -0.05) is 45.4 Å². The number of hydrogen-bond acceptors (Lipinski definition) is 2. The maximum atomic E-state index is 10.6. The highest BCUT2D eigenvalue weighted by Crippen LogP contribution is 2.05. The van der Waals surface area contributed by atoms with Gasteiger partial charge in [-0.2, -0.15) is 0 Å². The molecule has 0 rings (SSSR count). The summed E-state index contributed by atoms with van der Waals surface area (Å²) in [5.41, 5.74) is 0. The first-order valence-corrected chi connectivity index (χ1v) is 5.97. The monoisotopic (exact) mass is 199 g/mol. The molecule has 0 fully saturated rings. The van der Waals surface area contributed by atoms with Crippen molar-refractivity contribution in [3.8, 4) is 0 Å². The summed E-state index contributed by atoms with van der Waals surface area (Å²) in [7, 11) is 0. The van der Waals surface area contributed by atoms with Crippen molar-refractivity contribution in [3.05, 3.63) is 0 Å². The van der Waals surface area contributed by atoms with Crippen LogP contribution in [0.15, 0.2) is 0 Å². The Balaban J connectivity index is 2.88. The smallest absolute Gasteiger partial charge is 0.143 e. The van der Waals surface area contributed by atoms with Gasteiger partial charge in [0.15, 0.2) is 0 Å². The van der Waals surface area contributed by atoms with Gasteiger partial charge in [-0.15, -0.1) is 0 Å². The van der Waals surface area contributed by atoms with Crippen LogP contribution < -0.4 is 5.32 Å². The van der Waals surface area contributed by atoms with Gasteiger partial charge in [-0.3, -0.25) is 4.79 Å². The third-order valence-electron chi connectivity index (χ3n) is 2.33. The van der Waals surface area contributed by atoms with E-state index in [0.29, 0.717) is 6.54 Å². The number of nitrogens with one attached hydrogen (secondary N) is 1. The average molecular weight is 199 g/mol. The van der Waals surface area contributed by atoms with Crippen LogP contribution in [0.3, 0.4) is 0 Å². The molecule has 0 saturated heterocycles. The molecule has 0 aromatic heterocycles. The molecular formula is C12H25NO. The van der Waals surface area contributed by atoms with Crippen molar-refractivity contribution >= 4 is 5.78 Å². The molecule has 0 aliphatic rings. The maximum Gasteiger partial charge on any atom is 0.143 e. The van der Waals surface area contributed by atoms with Gasteiger partial charge < -0.3 is 5.32 Å². The van der Waals surface area contributed by atoms with Crippen LogP contribution in [0.25, 0.3) is 0 Å². The normalized spacial score (nSPS) is 10.4. The molecule has 0 spiro atoms. The molecule has 0 heterocycles. The standard InChI is InChI=1S/C12H25NO/c1-3-4-5-6-7-8-9-10-13-11-12(2)14/h13H,3-11H2,1-2H3. The van der Waals surface area contributed by atoms with Gasteiger partial charge in [-0.05, 0) is 19.9 Å². The molecule has 0 aliphatic carbocycles. The summed E-state index contributed by atoms with van der Waals surface area (Å²) >= 11 is 0. The van der Waals surface area contributed by atoms with Crippen molar-refractivity contribution in [1.29, 1.82) is 0 Å². The van der Waals surface area contributed by atoms with Crippen molar-refractivity contribution in [2.75, 3.05) is 13.1 Å². The maximum absolute atomic E-state index is 10.6. The van der Waals surface area contributed by atoms with E-state index in [4.69, 9.17) is 0 Å². The summed E-state index contributed by atoms with van der Waals surface area (Å²) in [4.78, 5) is 10.6. The second-order valence-corrected chi connectivity index (χ2v) is 4.00. The molecule has 0 aromatic carbocycles. The highest BCUT2D eigenvalue weighted by atomic mass is 16.1. The van der Waals surface area contributed by atoms with Gasteiger partial charge in [-0.25, -0.2) is 0 Å². The van der Waals surface area contributed by atoms with Gasteiger partial charge in [0.2, 0.25) is 0 Å². The van der Waals surface area contributed by atoms with E-state index in [2.05, 4.69) is 12.2 Å². The van der Waals surface area contributed by atoms with Crippen LogP contribution in [0.2, 0.25) is 0 Å². The summed E-state index contributed by atoms with van der Waals surface area (Å²) in [5, 5.41) is 3.14. The molecule has 2 heteroatoms. The fourth-order valence-electron chi connectivity index (χ4n) is 1.47. The number of Topliss-reactive ketones (excluding diaryl/α,β-unsaturated/α-hetero) is 1. The topological polar surface area (TPSA) is 29.1 Å². The molecule has 0 bridgehead atoms. The molecule has 84 valence electrons. The van der Waals surface area contributed by atoms with Gasteiger partial charge in [0.25, 0.3) is 0 Å². The zero-order chi connectivity index (χ0) is 10.6. The summed E-state index contributed by atoms with van der Waals surface area (Å²) < 4.78 is 0. The lowest BCUT2D eigenvalue weighted by Gasteiger charge is -2.02. The van der Waals surface area contributed by atoms with Crippen LogP contribution in [0.5, 0.6) is 0 Å². The predicted molar refractivity (Wildman–Crippen MR) is 61.5 cm³/mol. The number of ketones is 1. The van der Waals surface area contributed by atoms with Crippen LogP contribution in [0, 0.1) is 0 Å². The van der Waals surface area contributed by atoms with Crippen molar-refractivity contribution in [2.24, 2.45) is 0 Å². The summed E-state index contributed by atoms with van der Waals surface area (Å²) in [6.07, 6.45) is 9.32. The molecule has 0 unspecified atom stereocenters. The van der Waals surface area contributed by atoms with E-state index >= 15 is 0 Å². The average Bonchev–Trinajstić information content (AvgIpc) is 2.15. The molecule has 0 atom stereocenters. The minimum atomic E-state index is 0.230. The molecule has 0 amide bonds. The highest BCUT2D eigenvalue weighted by Gasteiger charge is 1.92. The first-order chi connectivity index (χ1) is 6.77. The predicted octanol–water partition coefficient (Wildman–Crippen LogP) is 2.92. The molecule has 0 aliphatic heterocycles. The molecular weight excluding hydrogens is 174 g/mol. The van der Waals surface area contributed by atoms with Gasteiger partial charge in [0.1, 0.15) is 5.78 Å². The van der Waals surface area contributed by atoms with Crippen molar-refractivity contribution < 1.29 is 4.79 Å². The largest absolute Gasteiger partial charge is 0.310 e.